The molecule has 13 heteroatoms. The molecule has 2 aliphatic heterocycles. The smallest absolute Gasteiger partial charge is 0.332 e. The van der Waals surface area contributed by atoms with Crippen LogP contribution in [0, 0.1) is 0 Å². The van der Waals surface area contributed by atoms with Gasteiger partial charge < -0.3 is 15.4 Å². The average Bonchev–Trinajstić information content (AvgIpc) is 3.09. The van der Waals surface area contributed by atoms with Gasteiger partial charge in [0.2, 0.25) is 0 Å². The van der Waals surface area contributed by atoms with Gasteiger partial charge in [-0.2, -0.15) is 4.99 Å². The normalized spacial score (nSPS) is 18.1. The van der Waals surface area contributed by atoms with E-state index in [0.29, 0.717) is 26.3 Å². The van der Waals surface area contributed by atoms with Crippen LogP contribution in [0.5, 0.6) is 0 Å². The van der Waals surface area contributed by atoms with Crippen molar-refractivity contribution in [1.29, 1.82) is 0 Å². The van der Waals surface area contributed by atoms with Gasteiger partial charge >= 0.3 is 5.69 Å². The van der Waals surface area contributed by atoms with Gasteiger partial charge in [-0.3, -0.25) is 18.7 Å². The minimum absolute atomic E-state index is 0.0371. The van der Waals surface area contributed by atoms with Crippen molar-refractivity contribution in [2.75, 3.05) is 26.3 Å². The molecular weight excluding hydrogens is 376 g/mol. The highest BCUT2D eigenvalue weighted by atomic mass is 32.1. The zero-order chi connectivity index (χ0) is 19.7. The Morgan fingerprint density at radius 1 is 1.19 bits per heavy atom. The topological polar surface area (TPSA) is 149 Å². The molecule has 1 aromatic rings. The molecule has 0 unspecified atom stereocenters. The zero-order valence-corrected chi connectivity index (χ0v) is 15.4. The van der Waals surface area contributed by atoms with E-state index < -0.39 is 17.2 Å². The van der Waals surface area contributed by atoms with Crippen LogP contribution in [0.25, 0.3) is 0 Å². The van der Waals surface area contributed by atoms with Crippen LogP contribution in [0.3, 0.4) is 0 Å². The summed E-state index contributed by atoms with van der Waals surface area (Å²) in [6, 6.07) is 0. The predicted molar refractivity (Wildman–Crippen MR) is 98.3 cm³/mol. The van der Waals surface area contributed by atoms with Gasteiger partial charge in [-0.1, -0.05) is 12.2 Å². The Kier molecular flexibility index (Phi) is 5.05. The van der Waals surface area contributed by atoms with E-state index in [2.05, 4.69) is 20.2 Å². The van der Waals surface area contributed by atoms with Crippen molar-refractivity contribution in [1.82, 2.24) is 14.0 Å². The van der Waals surface area contributed by atoms with Crippen LogP contribution in [0.4, 0.5) is 0 Å². The Morgan fingerprint density at radius 2 is 1.85 bits per heavy atom. The van der Waals surface area contributed by atoms with Crippen LogP contribution >= 0.6 is 12.2 Å². The standard InChI is InChI=1S/C14H16N8O4S/c1-20-10-8(11(23)21(2)14(20)25)16-13(17-10)19-18-7(9(15)27)12(24)22-3-5-26-6-4-22/h3-6H2,1-2H3,(H2,15,27)/b18-7-,19-13+. The molecule has 1 saturated heterocycles. The number of carbonyl (C=O) groups is 1. The molecule has 2 N–H and O–H groups in total. The molecule has 1 amide bonds. The number of amides is 1. The molecular formula is C14H16N8O4S. The minimum Gasteiger partial charge on any atom is -0.388 e. The molecule has 27 heavy (non-hydrogen) atoms. The third-order valence-electron chi connectivity index (χ3n) is 4.00. The third-order valence-corrected chi connectivity index (χ3v) is 4.20. The van der Waals surface area contributed by atoms with E-state index in [1.807, 2.05) is 0 Å². The summed E-state index contributed by atoms with van der Waals surface area (Å²) in [6.07, 6.45) is 0. The van der Waals surface area contributed by atoms with E-state index in [1.165, 1.54) is 23.6 Å². The quantitative estimate of drug-likeness (QED) is 0.317. The molecule has 0 radical (unpaired) electrons. The Labute approximate surface area is 157 Å². The van der Waals surface area contributed by atoms with Gasteiger partial charge in [-0.05, 0) is 0 Å². The van der Waals surface area contributed by atoms with E-state index in [4.69, 9.17) is 22.7 Å². The van der Waals surface area contributed by atoms with Crippen LogP contribution in [0.1, 0.15) is 0 Å². The minimum atomic E-state index is -0.606. The lowest BCUT2D eigenvalue weighted by Gasteiger charge is -2.26. The van der Waals surface area contributed by atoms with Crippen molar-refractivity contribution in [2.45, 2.75) is 0 Å². The SMILES string of the molecule is Cn1c(=O)c2c(n(C)c1=O)=N/C(=N/N=C(\C(=O)N1CCOCC1)C(N)=S)N=2. The number of rotatable bonds is 3. The van der Waals surface area contributed by atoms with E-state index >= 15 is 0 Å². The molecule has 3 rings (SSSR count). The highest BCUT2D eigenvalue weighted by Gasteiger charge is 2.24. The number of aromatic nitrogens is 2. The van der Waals surface area contributed by atoms with Crippen LogP contribution in [-0.2, 0) is 23.6 Å². The number of ether oxygens (including phenoxy) is 1. The van der Waals surface area contributed by atoms with Gasteiger partial charge in [0.25, 0.3) is 17.4 Å². The molecule has 0 atom stereocenters. The highest BCUT2D eigenvalue weighted by molar-refractivity contribution is 7.82. The number of nitrogens with zero attached hydrogens (tertiary/aromatic N) is 7. The molecule has 0 spiro atoms. The number of fused-ring (bicyclic) bond motifs is 1. The maximum atomic E-state index is 12.5. The highest BCUT2D eigenvalue weighted by Crippen LogP contribution is 2.00. The van der Waals surface area contributed by atoms with E-state index in [-0.39, 0.29) is 27.5 Å². The van der Waals surface area contributed by atoms with Crippen molar-refractivity contribution in [2.24, 2.45) is 40.0 Å². The molecule has 0 aliphatic carbocycles. The first-order valence-corrected chi connectivity index (χ1v) is 8.28. The fourth-order valence-electron chi connectivity index (χ4n) is 2.51. The summed E-state index contributed by atoms with van der Waals surface area (Å²) in [6.45, 7) is 1.58. The van der Waals surface area contributed by atoms with E-state index in [0.717, 1.165) is 4.57 Å². The van der Waals surface area contributed by atoms with Crippen LogP contribution in [0.2, 0.25) is 0 Å². The predicted octanol–water partition coefficient (Wildman–Crippen LogP) is -3.81. The molecule has 2 aliphatic rings. The van der Waals surface area contributed by atoms with Crippen LogP contribution in [-0.4, -0.2) is 62.9 Å². The van der Waals surface area contributed by atoms with Gasteiger partial charge in [0.1, 0.15) is 4.99 Å². The van der Waals surface area contributed by atoms with Crippen molar-refractivity contribution in [3.05, 3.63) is 31.7 Å². The van der Waals surface area contributed by atoms with E-state index in [9.17, 15) is 14.4 Å². The summed E-state index contributed by atoms with van der Waals surface area (Å²) in [5.41, 5.74) is 4.28. The number of hydrogen-bond acceptors (Lipinski definition) is 7. The molecule has 142 valence electrons. The second-order valence-electron chi connectivity index (χ2n) is 5.72. The summed E-state index contributed by atoms with van der Waals surface area (Å²) in [5, 5.41) is 7.53. The Hall–Kier alpha value is -3.06. The van der Waals surface area contributed by atoms with E-state index in [1.54, 1.807) is 0 Å². The average molecular weight is 392 g/mol. The third kappa shape index (κ3) is 3.46. The van der Waals surface area contributed by atoms with Gasteiger partial charge in [0.15, 0.2) is 16.6 Å². The maximum absolute atomic E-state index is 12.5. The van der Waals surface area contributed by atoms with Crippen LogP contribution < -0.4 is 27.8 Å². The number of nitrogens with two attached hydrogens (primary N) is 1. The van der Waals surface area contributed by atoms with Crippen molar-refractivity contribution in [3.8, 4) is 0 Å². The first-order chi connectivity index (χ1) is 12.8. The molecule has 0 aromatic carbocycles. The summed E-state index contributed by atoms with van der Waals surface area (Å²) in [5.74, 6) is -0.666. The molecule has 1 fully saturated rings. The monoisotopic (exact) mass is 392 g/mol. The summed E-state index contributed by atoms with van der Waals surface area (Å²) in [4.78, 5) is 45.8. The largest absolute Gasteiger partial charge is 0.388 e. The van der Waals surface area contributed by atoms with Crippen molar-refractivity contribution >= 4 is 34.8 Å². The fourth-order valence-corrected chi connectivity index (χ4v) is 2.64. The molecule has 1 aromatic heterocycles. The van der Waals surface area contributed by atoms with Gasteiger partial charge in [-0.15, -0.1) is 10.2 Å². The zero-order valence-electron chi connectivity index (χ0n) is 14.6. The first kappa shape index (κ1) is 18.7. The summed E-state index contributed by atoms with van der Waals surface area (Å²) < 4.78 is 7.27. The van der Waals surface area contributed by atoms with Crippen molar-refractivity contribution < 1.29 is 9.53 Å². The summed E-state index contributed by atoms with van der Waals surface area (Å²) in [7, 11) is 2.79. The molecule has 12 nitrogen and oxygen atoms in total. The van der Waals surface area contributed by atoms with Crippen LogP contribution in [0.15, 0.2) is 29.8 Å². The lowest BCUT2D eigenvalue weighted by atomic mass is 10.3. The second kappa shape index (κ2) is 7.28. The number of thiocarbonyl (C=S) groups is 1. The lowest BCUT2D eigenvalue weighted by molar-refractivity contribution is -0.127. The van der Waals surface area contributed by atoms with Gasteiger partial charge in [0.05, 0.1) is 13.2 Å². The summed E-state index contributed by atoms with van der Waals surface area (Å²) >= 11 is 4.89. The number of morpholine rings is 1. The van der Waals surface area contributed by atoms with Crippen molar-refractivity contribution in [3.63, 3.8) is 0 Å². The molecule has 0 saturated carbocycles. The van der Waals surface area contributed by atoms with Gasteiger partial charge in [0, 0.05) is 27.2 Å². The fraction of sp³-hybridized carbons (Fsp3) is 0.429. The Bertz CT molecular complexity index is 1120. The Morgan fingerprint density at radius 3 is 2.48 bits per heavy atom. The second-order valence-corrected chi connectivity index (χ2v) is 6.16. The Balaban J connectivity index is 2.01. The number of guanidine groups is 1. The molecule has 3 heterocycles. The lowest BCUT2D eigenvalue weighted by Crippen LogP contribution is -2.55. The number of carbonyl (C=O) groups excluding carboxylic acids is 1. The first-order valence-electron chi connectivity index (χ1n) is 7.87. The maximum Gasteiger partial charge on any atom is 0.332 e. The number of hydrogen-bond donors (Lipinski definition) is 1. The van der Waals surface area contributed by atoms with Gasteiger partial charge in [-0.25, -0.2) is 9.79 Å². The molecule has 0 bridgehead atoms.